The molecule has 0 spiro atoms. The number of rotatable bonds is 7. The summed E-state index contributed by atoms with van der Waals surface area (Å²) in [5, 5.41) is 7.24. The third-order valence-corrected chi connectivity index (χ3v) is 5.50. The molecule has 0 amide bonds. The fourth-order valence-electron chi connectivity index (χ4n) is 4.03. The van der Waals surface area contributed by atoms with Gasteiger partial charge < -0.3 is 10.6 Å². The second-order valence-corrected chi connectivity index (χ2v) is 9.44. The Bertz CT molecular complexity index is 828. The van der Waals surface area contributed by atoms with Gasteiger partial charge in [0.1, 0.15) is 0 Å². The minimum absolute atomic E-state index is 0.0216. The molecule has 1 aliphatic rings. The molecule has 1 unspecified atom stereocenters. The molecule has 1 heterocycles. The van der Waals surface area contributed by atoms with Crippen LogP contribution in [0.4, 0.5) is 11.4 Å². The molecule has 2 nitrogen and oxygen atoms in total. The summed E-state index contributed by atoms with van der Waals surface area (Å²) in [6, 6.07) is 16.3. The van der Waals surface area contributed by atoms with E-state index in [1.165, 1.54) is 46.5 Å². The summed E-state index contributed by atoms with van der Waals surface area (Å²) in [5.74, 6) is 0.767. The van der Waals surface area contributed by atoms with Crippen molar-refractivity contribution in [3.8, 4) is 0 Å². The maximum Gasteiger partial charge on any atom is 0.0505 e. The Kier molecular flexibility index (Phi) is 6.17. The first-order valence-electron chi connectivity index (χ1n) is 10.7. The molecule has 0 saturated carbocycles. The zero-order valence-electron chi connectivity index (χ0n) is 18.4. The molecule has 0 fully saturated rings. The second kappa shape index (κ2) is 8.43. The highest BCUT2D eigenvalue weighted by molar-refractivity contribution is 5.80. The molecule has 0 aromatic heterocycles. The summed E-state index contributed by atoms with van der Waals surface area (Å²) in [7, 11) is 0. The zero-order chi connectivity index (χ0) is 20.3. The van der Waals surface area contributed by atoms with Gasteiger partial charge in [0.2, 0.25) is 0 Å². The molecule has 0 radical (unpaired) electrons. The predicted molar refractivity (Wildman–Crippen MR) is 124 cm³/mol. The number of hydrogen-bond acceptors (Lipinski definition) is 2. The van der Waals surface area contributed by atoms with Crippen molar-refractivity contribution < 1.29 is 0 Å². The van der Waals surface area contributed by atoms with Crippen LogP contribution < -0.4 is 10.6 Å². The Hall–Kier alpha value is -2.22. The van der Waals surface area contributed by atoms with E-state index in [1.54, 1.807) is 0 Å². The van der Waals surface area contributed by atoms with Crippen molar-refractivity contribution in [3.05, 3.63) is 65.2 Å². The lowest BCUT2D eigenvalue weighted by Crippen LogP contribution is -2.31. The van der Waals surface area contributed by atoms with E-state index in [0.29, 0.717) is 6.04 Å². The van der Waals surface area contributed by atoms with Crippen LogP contribution in [0, 0.1) is 5.92 Å². The fraction of sp³-hybridized carbons (Fsp3) is 0.462. The first-order valence-corrected chi connectivity index (χ1v) is 10.7. The van der Waals surface area contributed by atoms with Crippen molar-refractivity contribution in [1.29, 1.82) is 0 Å². The maximum atomic E-state index is 3.63. The third kappa shape index (κ3) is 5.41. The fourth-order valence-corrected chi connectivity index (χ4v) is 4.03. The second-order valence-electron chi connectivity index (χ2n) is 9.44. The predicted octanol–water partition coefficient (Wildman–Crippen LogP) is 7.12. The first kappa shape index (κ1) is 20.5. The van der Waals surface area contributed by atoms with Gasteiger partial charge in [0.25, 0.3) is 0 Å². The highest BCUT2D eigenvalue weighted by atomic mass is 15.0. The quantitative estimate of drug-likeness (QED) is 0.537. The number of benzene rings is 2. The monoisotopic (exact) mass is 376 g/mol. The van der Waals surface area contributed by atoms with Crippen LogP contribution in [0.5, 0.6) is 0 Å². The summed E-state index contributed by atoms with van der Waals surface area (Å²) >= 11 is 0. The van der Waals surface area contributed by atoms with E-state index in [2.05, 4.69) is 101 Å². The summed E-state index contributed by atoms with van der Waals surface area (Å²) in [5.41, 5.74) is 7.88. The molecule has 2 aromatic carbocycles. The van der Waals surface area contributed by atoms with Gasteiger partial charge in [0.05, 0.1) is 5.54 Å². The lowest BCUT2D eigenvalue weighted by Gasteiger charge is -2.31. The lowest BCUT2D eigenvalue weighted by atomic mass is 9.89. The Morgan fingerprint density at radius 1 is 0.929 bits per heavy atom. The highest BCUT2D eigenvalue weighted by Gasteiger charge is 2.22. The maximum absolute atomic E-state index is 3.63. The van der Waals surface area contributed by atoms with E-state index in [-0.39, 0.29) is 5.54 Å². The van der Waals surface area contributed by atoms with Gasteiger partial charge in [-0.05, 0) is 93.8 Å². The van der Waals surface area contributed by atoms with E-state index in [4.69, 9.17) is 0 Å². The molecule has 150 valence electrons. The van der Waals surface area contributed by atoms with Gasteiger partial charge >= 0.3 is 0 Å². The molecule has 2 N–H and O–H groups in total. The van der Waals surface area contributed by atoms with Crippen LogP contribution in [0.15, 0.2) is 48.5 Å². The van der Waals surface area contributed by atoms with Crippen LogP contribution in [0.1, 0.15) is 71.1 Å². The van der Waals surface area contributed by atoms with Gasteiger partial charge in [-0.15, -0.1) is 0 Å². The molecule has 1 atom stereocenters. The SMILES string of the molecule is CC1=CC(C)(C)Nc2ccc(Cc3ccc(NC(C)CCC(C)C)cc3)cc21. The summed E-state index contributed by atoms with van der Waals surface area (Å²) in [6.07, 6.45) is 5.77. The van der Waals surface area contributed by atoms with Crippen molar-refractivity contribution in [3.63, 3.8) is 0 Å². The molecule has 0 bridgehead atoms. The average molecular weight is 377 g/mol. The number of anilines is 2. The molecular weight excluding hydrogens is 340 g/mol. The van der Waals surface area contributed by atoms with Crippen molar-refractivity contribution in [2.75, 3.05) is 10.6 Å². The van der Waals surface area contributed by atoms with Crippen molar-refractivity contribution >= 4 is 16.9 Å². The molecule has 3 rings (SSSR count). The lowest BCUT2D eigenvalue weighted by molar-refractivity contribution is 0.528. The van der Waals surface area contributed by atoms with Crippen LogP contribution >= 0.6 is 0 Å². The summed E-state index contributed by atoms with van der Waals surface area (Å²) in [6.45, 7) is 13.5. The van der Waals surface area contributed by atoms with E-state index in [9.17, 15) is 0 Å². The molecule has 1 aliphatic heterocycles. The van der Waals surface area contributed by atoms with Crippen molar-refractivity contribution in [2.24, 2.45) is 5.92 Å². The van der Waals surface area contributed by atoms with Gasteiger partial charge in [-0.2, -0.15) is 0 Å². The van der Waals surface area contributed by atoms with E-state index in [1.807, 2.05) is 0 Å². The summed E-state index contributed by atoms with van der Waals surface area (Å²) in [4.78, 5) is 0. The summed E-state index contributed by atoms with van der Waals surface area (Å²) < 4.78 is 0. The molecule has 28 heavy (non-hydrogen) atoms. The number of fused-ring (bicyclic) bond motifs is 1. The average Bonchev–Trinajstić information content (AvgIpc) is 2.61. The Morgan fingerprint density at radius 2 is 1.61 bits per heavy atom. The van der Waals surface area contributed by atoms with Gasteiger partial charge in [0, 0.05) is 23.0 Å². The van der Waals surface area contributed by atoms with Crippen LogP contribution in [-0.2, 0) is 6.42 Å². The minimum atomic E-state index is 0.0216. The van der Waals surface area contributed by atoms with Gasteiger partial charge in [-0.3, -0.25) is 0 Å². The smallest absolute Gasteiger partial charge is 0.0505 e. The van der Waals surface area contributed by atoms with Gasteiger partial charge in [0.15, 0.2) is 0 Å². The number of allylic oxidation sites excluding steroid dienone is 1. The molecule has 2 heteroatoms. The molecule has 0 saturated heterocycles. The van der Waals surface area contributed by atoms with Crippen molar-refractivity contribution in [1.82, 2.24) is 0 Å². The molecule has 0 aliphatic carbocycles. The topological polar surface area (TPSA) is 24.1 Å². The van der Waals surface area contributed by atoms with Crippen LogP contribution in [-0.4, -0.2) is 11.6 Å². The Morgan fingerprint density at radius 3 is 2.29 bits per heavy atom. The molecule has 2 aromatic rings. The number of hydrogen-bond donors (Lipinski definition) is 2. The van der Waals surface area contributed by atoms with Crippen LogP contribution in [0.3, 0.4) is 0 Å². The van der Waals surface area contributed by atoms with E-state index >= 15 is 0 Å². The van der Waals surface area contributed by atoms with Crippen molar-refractivity contribution in [2.45, 2.75) is 72.4 Å². The molecular formula is C26H36N2. The normalized spacial score (nSPS) is 16.2. The Labute approximate surface area is 171 Å². The Balaban J connectivity index is 1.64. The zero-order valence-corrected chi connectivity index (χ0v) is 18.4. The van der Waals surface area contributed by atoms with E-state index in [0.717, 1.165) is 12.3 Å². The van der Waals surface area contributed by atoms with Gasteiger partial charge in [-0.1, -0.05) is 38.1 Å². The standard InChI is InChI=1S/C26H36N2/c1-18(2)7-8-20(4)27-23-12-9-21(10-13-23)15-22-11-14-25-24(16-22)19(3)17-26(5,6)28-25/h9-14,16-18,20,27-28H,7-8,15H2,1-6H3. The van der Waals surface area contributed by atoms with Crippen LogP contribution in [0.25, 0.3) is 5.57 Å². The van der Waals surface area contributed by atoms with E-state index < -0.39 is 0 Å². The first-order chi connectivity index (χ1) is 13.2. The van der Waals surface area contributed by atoms with Crippen LogP contribution in [0.2, 0.25) is 0 Å². The number of nitrogens with one attached hydrogen (secondary N) is 2. The third-order valence-electron chi connectivity index (χ3n) is 5.50. The minimum Gasteiger partial charge on any atom is -0.383 e. The van der Waals surface area contributed by atoms with Gasteiger partial charge in [-0.25, -0.2) is 0 Å². The largest absolute Gasteiger partial charge is 0.383 e. The highest BCUT2D eigenvalue weighted by Crippen LogP contribution is 2.34.